The normalized spacial score (nSPS) is 13.8. The Kier molecular flexibility index (Phi) is 3.92. The molecule has 1 aromatic carbocycles. The maximum atomic E-state index is 12.4. The number of hydrogen-bond donors (Lipinski definition) is 0. The van der Waals surface area contributed by atoms with Gasteiger partial charge in [-0.15, -0.1) is 0 Å². The second kappa shape index (κ2) is 6.24. The highest BCUT2D eigenvalue weighted by Crippen LogP contribution is 2.31. The van der Waals surface area contributed by atoms with Gasteiger partial charge in [-0.25, -0.2) is 4.98 Å². The molecule has 0 bridgehead atoms. The lowest BCUT2D eigenvalue weighted by Crippen LogP contribution is -2.30. The molecule has 0 N–H and O–H groups in total. The van der Waals surface area contributed by atoms with Crippen LogP contribution in [0.4, 0.5) is 5.69 Å². The Morgan fingerprint density at radius 2 is 2.08 bits per heavy atom. The van der Waals surface area contributed by atoms with Gasteiger partial charge in [0.15, 0.2) is 0 Å². The number of pyridine rings is 1. The van der Waals surface area contributed by atoms with Gasteiger partial charge in [-0.05, 0) is 55.2 Å². The molecule has 0 spiro atoms. The van der Waals surface area contributed by atoms with Gasteiger partial charge < -0.3 is 9.64 Å². The molecule has 3 aromatic rings. The zero-order valence-electron chi connectivity index (χ0n) is 14.5. The Balaban J connectivity index is 1.69. The van der Waals surface area contributed by atoms with E-state index in [4.69, 9.17) is 4.74 Å². The smallest absolute Gasteiger partial charge is 0.258 e. The summed E-state index contributed by atoms with van der Waals surface area (Å²) in [4.78, 5) is 19.4. The Morgan fingerprint density at radius 1 is 1.20 bits per heavy atom. The summed E-state index contributed by atoms with van der Waals surface area (Å²) in [5.74, 6) is 0.887. The number of hydrogen-bond acceptors (Lipinski definition) is 4. The van der Waals surface area contributed by atoms with Gasteiger partial charge in [0.25, 0.3) is 5.56 Å². The summed E-state index contributed by atoms with van der Waals surface area (Å²) in [6.45, 7) is 3.58. The van der Waals surface area contributed by atoms with Gasteiger partial charge in [0.05, 0.1) is 19.3 Å². The molecule has 128 valence electrons. The first-order valence-corrected chi connectivity index (χ1v) is 8.55. The lowest BCUT2D eigenvalue weighted by atomic mass is 10.0. The van der Waals surface area contributed by atoms with Crippen molar-refractivity contribution in [2.45, 2.75) is 26.3 Å². The quantitative estimate of drug-likeness (QED) is 0.738. The third-order valence-electron chi connectivity index (χ3n) is 4.71. The molecule has 5 nitrogen and oxygen atoms in total. The molecule has 5 heteroatoms. The SMILES string of the molecule is COc1ccc2c(c1)CCCN2Cc1cc(=O)n2cc(C)ccc2n1. The van der Waals surface area contributed by atoms with Gasteiger partial charge in [0.2, 0.25) is 0 Å². The fourth-order valence-electron chi connectivity index (χ4n) is 3.48. The summed E-state index contributed by atoms with van der Waals surface area (Å²) in [5.41, 5.74) is 5.01. The minimum absolute atomic E-state index is 0.0318. The van der Waals surface area contributed by atoms with E-state index in [1.54, 1.807) is 17.6 Å². The Bertz CT molecular complexity index is 994. The minimum atomic E-state index is -0.0318. The highest BCUT2D eigenvalue weighted by molar-refractivity contribution is 5.58. The van der Waals surface area contributed by atoms with Crippen molar-refractivity contribution >= 4 is 11.3 Å². The lowest BCUT2D eigenvalue weighted by molar-refractivity contribution is 0.414. The number of fused-ring (bicyclic) bond motifs is 2. The molecule has 1 aliphatic rings. The second-order valence-electron chi connectivity index (χ2n) is 6.54. The van der Waals surface area contributed by atoms with E-state index in [1.165, 1.54) is 11.3 Å². The van der Waals surface area contributed by atoms with Crippen LogP contribution in [0.15, 0.2) is 47.4 Å². The maximum absolute atomic E-state index is 12.4. The Labute approximate surface area is 146 Å². The van der Waals surface area contributed by atoms with Crippen LogP contribution in [0.25, 0.3) is 5.65 Å². The predicted molar refractivity (Wildman–Crippen MR) is 98.6 cm³/mol. The molecule has 0 saturated carbocycles. The summed E-state index contributed by atoms with van der Waals surface area (Å²) in [5, 5.41) is 0. The molecular weight excluding hydrogens is 314 g/mol. The molecule has 0 atom stereocenters. The number of rotatable bonds is 3. The standard InChI is InChI=1S/C20H21N3O2/c1-14-5-8-19-21-16(11-20(24)23(19)12-14)13-22-9-3-4-15-10-17(25-2)6-7-18(15)22/h5-8,10-12H,3-4,9,13H2,1-2H3. The summed E-state index contributed by atoms with van der Waals surface area (Å²) in [7, 11) is 1.69. The topological polar surface area (TPSA) is 46.8 Å². The van der Waals surface area contributed by atoms with Crippen molar-refractivity contribution in [1.29, 1.82) is 0 Å². The van der Waals surface area contributed by atoms with E-state index in [0.29, 0.717) is 12.2 Å². The van der Waals surface area contributed by atoms with Crippen LogP contribution in [0, 0.1) is 6.92 Å². The third kappa shape index (κ3) is 2.97. The van der Waals surface area contributed by atoms with Gasteiger partial charge in [-0.1, -0.05) is 6.07 Å². The van der Waals surface area contributed by atoms with E-state index in [9.17, 15) is 4.79 Å². The van der Waals surface area contributed by atoms with Crippen LogP contribution >= 0.6 is 0 Å². The van der Waals surface area contributed by atoms with E-state index < -0.39 is 0 Å². The molecular formula is C20H21N3O2. The van der Waals surface area contributed by atoms with Crippen molar-refractivity contribution in [3.8, 4) is 5.75 Å². The molecule has 0 amide bonds. The molecule has 25 heavy (non-hydrogen) atoms. The zero-order chi connectivity index (χ0) is 17.4. The molecule has 3 heterocycles. The number of aryl methyl sites for hydroxylation is 2. The molecule has 4 rings (SSSR count). The number of methoxy groups -OCH3 is 1. The van der Waals surface area contributed by atoms with E-state index >= 15 is 0 Å². The third-order valence-corrected chi connectivity index (χ3v) is 4.71. The molecule has 0 saturated heterocycles. The zero-order valence-corrected chi connectivity index (χ0v) is 14.5. The van der Waals surface area contributed by atoms with Gasteiger partial charge >= 0.3 is 0 Å². The Hall–Kier alpha value is -2.82. The highest BCUT2D eigenvalue weighted by atomic mass is 16.5. The molecule has 0 radical (unpaired) electrons. The van der Waals surface area contributed by atoms with Crippen molar-refractivity contribution in [2.75, 3.05) is 18.6 Å². The van der Waals surface area contributed by atoms with Gasteiger partial charge in [0.1, 0.15) is 11.4 Å². The minimum Gasteiger partial charge on any atom is -0.497 e. The fourth-order valence-corrected chi connectivity index (χ4v) is 3.48. The summed E-state index contributed by atoms with van der Waals surface area (Å²) >= 11 is 0. The van der Waals surface area contributed by atoms with Crippen molar-refractivity contribution < 1.29 is 4.74 Å². The summed E-state index contributed by atoms with van der Waals surface area (Å²) in [6, 6.07) is 11.7. The van der Waals surface area contributed by atoms with Crippen molar-refractivity contribution in [1.82, 2.24) is 9.38 Å². The predicted octanol–water partition coefficient (Wildman–Crippen LogP) is 2.96. The van der Waals surface area contributed by atoms with Crippen molar-refractivity contribution in [3.05, 3.63) is 69.8 Å². The maximum Gasteiger partial charge on any atom is 0.258 e. The average molecular weight is 335 g/mol. The average Bonchev–Trinajstić information content (AvgIpc) is 2.62. The molecule has 0 fully saturated rings. The second-order valence-corrected chi connectivity index (χ2v) is 6.54. The van der Waals surface area contributed by atoms with Crippen LogP contribution in [0.3, 0.4) is 0 Å². The highest BCUT2D eigenvalue weighted by Gasteiger charge is 2.18. The first kappa shape index (κ1) is 15.7. The van der Waals surface area contributed by atoms with E-state index in [2.05, 4.69) is 22.0 Å². The molecule has 0 aliphatic carbocycles. The number of anilines is 1. The van der Waals surface area contributed by atoms with Gasteiger partial charge in [-0.3, -0.25) is 9.20 Å². The number of aromatic nitrogens is 2. The number of benzene rings is 1. The van der Waals surface area contributed by atoms with E-state index in [-0.39, 0.29) is 5.56 Å². The first-order valence-electron chi connectivity index (χ1n) is 8.55. The van der Waals surface area contributed by atoms with Crippen LogP contribution in [0.2, 0.25) is 0 Å². The summed E-state index contributed by atoms with van der Waals surface area (Å²) < 4.78 is 6.94. The van der Waals surface area contributed by atoms with Crippen LogP contribution < -0.4 is 15.2 Å². The van der Waals surface area contributed by atoms with Crippen LogP contribution in [0.1, 0.15) is 23.2 Å². The van der Waals surface area contributed by atoms with Gasteiger partial charge in [-0.2, -0.15) is 0 Å². The molecule has 0 unspecified atom stereocenters. The fraction of sp³-hybridized carbons (Fsp3) is 0.300. The Morgan fingerprint density at radius 3 is 2.92 bits per heavy atom. The number of nitrogens with zero attached hydrogens (tertiary/aromatic N) is 3. The van der Waals surface area contributed by atoms with E-state index in [1.807, 2.05) is 31.3 Å². The molecule has 1 aliphatic heterocycles. The van der Waals surface area contributed by atoms with Gasteiger partial charge in [0, 0.05) is 24.5 Å². The monoisotopic (exact) mass is 335 g/mol. The first-order chi connectivity index (χ1) is 12.1. The molecule has 2 aromatic heterocycles. The van der Waals surface area contributed by atoms with E-state index in [0.717, 1.165) is 36.4 Å². The van der Waals surface area contributed by atoms with Crippen LogP contribution in [-0.4, -0.2) is 23.0 Å². The number of ether oxygens (including phenoxy) is 1. The van der Waals surface area contributed by atoms with Crippen LogP contribution in [-0.2, 0) is 13.0 Å². The largest absolute Gasteiger partial charge is 0.497 e. The summed E-state index contributed by atoms with van der Waals surface area (Å²) in [6.07, 6.45) is 3.97. The van der Waals surface area contributed by atoms with Crippen molar-refractivity contribution in [2.24, 2.45) is 0 Å². The lowest BCUT2D eigenvalue weighted by Gasteiger charge is -2.31. The van der Waals surface area contributed by atoms with Crippen molar-refractivity contribution in [3.63, 3.8) is 0 Å². The van der Waals surface area contributed by atoms with Crippen LogP contribution in [0.5, 0.6) is 5.75 Å².